The number of carboxylic acid groups (broad SMARTS) is 1. The van der Waals surface area contributed by atoms with Crippen LogP contribution in [0.5, 0.6) is 0 Å². The molecule has 0 aromatic rings. The lowest BCUT2D eigenvalue weighted by Gasteiger charge is -2.26. The normalized spacial score (nSPS) is 13.9. The maximum absolute atomic E-state index is 12.8. The van der Waals surface area contributed by atoms with Crippen LogP contribution in [0, 0.1) is 0 Å². The van der Waals surface area contributed by atoms with Crippen molar-refractivity contribution in [3.8, 4) is 0 Å². The summed E-state index contributed by atoms with van der Waals surface area (Å²) in [7, 11) is 5.88. The second kappa shape index (κ2) is 47.2. The fourth-order valence-electron chi connectivity index (χ4n) is 6.06. The number of carboxylic acids is 1. The first-order chi connectivity index (χ1) is 32.1. The second-order valence-electron chi connectivity index (χ2n) is 17.4. The molecule has 0 N–H and O–H groups in total. The van der Waals surface area contributed by atoms with Crippen molar-refractivity contribution in [2.45, 2.75) is 174 Å². The van der Waals surface area contributed by atoms with E-state index in [4.69, 9.17) is 18.9 Å². The molecular weight excluding hydrogens is 827 g/mol. The standard InChI is InChI=1S/C57H91NO8/c1-6-8-10-12-14-16-18-20-21-22-23-24-25-26-27-28-29-30-31-32-33-34-35-36-38-40-42-44-46-48-55(60)66-53(52-65-57(56(61)62)63-50-49-58(3,4)5)51-64-54(59)47-45-43-41-39-37-19-17-15-13-11-9-7-2/h8,10,14-17,20-21,23-24,26-27,29-30,32-33,35-36,40,42,53,57H,6-7,9,11-13,18-19,22,25,28,31,34,37-39,41,43-52H2,1-5H3/b10-8-,16-14-,17-15-,21-20-,24-23-,27-26-,30-29-,33-32-,36-35-,42-40-. The zero-order valence-electron chi connectivity index (χ0n) is 42.0. The van der Waals surface area contributed by atoms with Crippen molar-refractivity contribution in [2.24, 2.45) is 0 Å². The molecule has 0 aliphatic rings. The highest BCUT2D eigenvalue weighted by atomic mass is 16.7. The monoisotopic (exact) mass is 918 g/mol. The summed E-state index contributed by atoms with van der Waals surface area (Å²) in [5, 5.41) is 11.7. The Hall–Kier alpha value is -4.31. The van der Waals surface area contributed by atoms with Crippen LogP contribution in [-0.2, 0) is 33.3 Å². The van der Waals surface area contributed by atoms with E-state index >= 15 is 0 Å². The Labute approximate surface area is 402 Å². The van der Waals surface area contributed by atoms with Gasteiger partial charge in [-0.25, -0.2) is 0 Å². The van der Waals surface area contributed by atoms with Crippen LogP contribution >= 0.6 is 0 Å². The van der Waals surface area contributed by atoms with Gasteiger partial charge in [-0.3, -0.25) is 9.59 Å². The number of likely N-dealkylation sites (N-methyl/N-ethyl adjacent to an activating group) is 1. The molecule has 0 aliphatic carbocycles. The van der Waals surface area contributed by atoms with Gasteiger partial charge in [0.15, 0.2) is 12.4 Å². The molecule has 372 valence electrons. The van der Waals surface area contributed by atoms with Crippen LogP contribution in [-0.4, -0.2) is 82.3 Å². The van der Waals surface area contributed by atoms with Gasteiger partial charge < -0.3 is 33.3 Å². The topological polar surface area (TPSA) is 111 Å². The van der Waals surface area contributed by atoms with Crippen LogP contribution in [0.1, 0.15) is 162 Å². The summed E-state index contributed by atoms with van der Waals surface area (Å²) < 4.78 is 22.5. The summed E-state index contributed by atoms with van der Waals surface area (Å²) in [5.74, 6) is -2.40. The minimum atomic E-state index is -1.64. The third-order valence-electron chi connectivity index (χ3n) is 9.94. The van der Waals surface area contributed by atoms with Crippen molar-refractivity contribution in [3.63, 3.8) is 0 Å². The van der Waals surface area contributed by atoms with Crippen molar-refractivity contribution >= 4 is 17.9 Å². The average molecular weight is 918 g/mol. The Morgan fingerprint density at radius 1 is 0.470 bits per heavy atom. The van der Waals surface area contributed by atoms with Crippen molar-refractivity contribution in [1.82, 2.24) is 0 Å². The first-order valence-electron chi connectivity index (χ1n) is 25.2. The number of hydrogen-bond donors (Lipinski definition) is 0. The zero-order valence-corrected chi connectivity index (χ0v) is 42.0. The third kappa shape index (κ3) is 47.6. The van der Waals surface area contributed by atoms with E-state index in [1.165, 1.54) is 19.3 Å². The number of ether oxygens (including phenoxy) is 4. The molecule has 0 heterocycles. The molecule has 0 aliphatic heterocycles. The molecule has 0 amide bonds. The fourth-order valence-corrected chi connectivity index (χ4v) is 6.06. The van der Waals surface area contributed by atoms with Gasteiger partial charge in [0.1, 0.15) is 13.2 Å². The van der Waals surface area contributed by atoms with Gasteiger partial charge in [-0.15, -0.1) is 0 Å². The van der Waals surface area contributed by atoms with E-state index in [9.17, 15) is 19.5 Å². The number of aliphatic carboxylic acids is 1. The summed E-state index contributed by atoms with van der Waals surface area (Å²) in [4.78, 5) is 37.0. The van der Waals surface area contributed by atoms with E-state index in [0.29, 0.717) is 30.3 Å². The summed E-state index contributed by atoms with van der Waals surface area (Å²) in [5.41, 5.74) is 0. The lowest BCUT2D eigenvalue weighted by molar-refractivity contribution is -0.870. The van der Waals surface area contributed by atoms with Crippen LogP contribution in [0.25, 0.3) is 0 Å². The van der Waals surface area contributed by atoms with E-state index in [0.717, 1.165) is 96.3 Å². The third-order valence-corrected chi connectivity index (χ3v) is 9.94. The van der Waals surface area contributed by atoms with E-state index in [1.54, 1.807) is 0 Å². The highest BCUT2D eigenvalue weighted by molar-refractivity contribution is 5.70. The highest BCUT2D eigenvalue weighted by Crippen LogP contribution is 2.11. The number of unbranched alkanes of at least 4 members (excludes halogenated alkanes) is 9. The Bertz CT molecular complexity index is 1490. The van der Waals surface area contributed by atoms with Crippen molar-refractivity contribution < 1.29 is 42.9 Å². The van der Waals surface area contributed by atoms with Gasteiger partial charge in [0.25, 0.3) is 0 Å². The molecule has 0 bridgehead atoms. The van der Waals surface area contributed by atoms with E-state index in [1.807, 2.05) is 27.2 Å². The Balaban J connectivity index is 4.46. The summed E-state index contributed by atoms with van der Waals surface area (Å²) in [6.45, 7) is 4.49. The maximum Gasteiger partial charge on any atom is 0.306 e. The molecule has 66 heavy (non-hydrogen) atoms. The molecule has 9 nitrogen and oxygen atoms in total. The summed E-state index contributed by atoms with van der Waals surface area (Å²) >= 11 is 0. The number of nitrogens with zero attached hydrogens (tertiary/aromatic N) is 1. The smallest absolute Gasteiger partial charge is 0.306 e. The van der Waals surface area contributed by atoms with Gasteiger partial charge in [0.2, 0.25) is 0 Å². The zero-order chi connectivity index (χ0) is 48.4. The SMILES string of the molecule is CC/C=C\C/C=C\C/C=C\C/C=C\C/C=C\C/C=C\C/C=C\C/C=C\C/C=C\CCCC(=O)OC(COC(=O)CCCCCCC/C=C\CCCCC)COC(OCC[N+](C)(C)C)C(=O)[O-]. The summed E-state index contributed by atoms with van der Waals surface area (Å²) in [6, 6.07) is 0. The summed E-state index contributed by atoms with van der Waals surface area (Å²) in [6.07, 6.45) is 62.5. The van der Waals surface area contributed by atoms with Crippen LogP contribution in [0.4, 0.5) is 0 Å². The van der Waals surface area contributed by atoms with Gasteiger partial charge in [-0.05, 0) is 103 Å². The van der Waals surface area contributed by atoms with Gasteiger partial charge in [-0.1, -0.05) is 167 Å². The molecule has 2 unspecified atom stereocenters. The van der Waals surface area contributed by atoms with Crippen molar-refractivity contribution in [1.29, 1.82) is 0 Å². The van der Waals surface area contributed by atoms with E-state index in [2.05, 4.69) is 129 Å². The molecule has 0 radical (unpaired) electrons. The quantitative estimate of drug-likeness (QED) is 0.0195. The minimum Gasteiger partial charge on any atom is -0.545 e. The first kappa shape index (κ1) is 61.7. The molecule has 0 fully saturated rings. The molecule has 2 atom stereocenters. The molecule has 0 aromatic carbocycles. The maximum atomic E-state index is 12.8. The fraction of sp³-hybridized carbons (Fsp3) is 0.596. The number of esters is 2. The van der Waals surface area contributed by atoms with Crippen molar-refractivity contribution in [3.05, 3.63) is 122 Å². The number of carbonyl (C=O) groups is 3. The number of rotatable bonds is 44. The molecule has 9 heteroatoms. The average Bonchev–Trinajstić information content (AvgIpc) is 3.28. The number of carbonyl (C=O) groups excluding carboxylic acids is 3. The Morgan fingerprint density at radius 3 is 1.35 bits per heavy atom. The second-order valence-corrected chi connectivity index (χ2v) is 17.4. The largest absolute Gasteiger partial charge is 0.545 e. The molecule has 0 aromatic heterocycles. The first-order valence-corrected chi connectivity index (χ1v) is 25.2. The highest BCUT2D eigenvalue weighted by Gasteiger charge is 2.21. The number of hydrogen-bond acceptors (Lipinski definition) is 8. The number of quaternary nitrogens is 1. The molecule has 0 saturated carbocycles. The van der Waals surface area contributed by atoms with Crippen LogP contribution < -0.4 is 5.11 Å². The van der Waals surface area contributed by atoms with Gasteiger partial charge in [0, 0.05) is 12.8 Å². The molecule has 0 rings (SSSR count). The number of allylic oxidation sites excluding steroid dienone is 20. The molecular formula is C57H91NO8. The molecule has 0 saturated heterocycles. The van der Waals surface area contributed by atoms with Crippen molar-refractivity contribution in [2.75, 3.05) is 47.5 Å². The molecule has 0 spiro atoms. The predicted molar refractivity (Wildman–Crippen MR) is 273 cm³/mol. The van der Waals surface area contributed by atoms with E-state index in [-0.39, 0.29) is 32.7 Å². The van der Waals surface area contributed by atoms with Gasteiger partial charge in [0.05, 0.1) is 40.3 Å². The Kier molecular flexibility index (Phi) is 44.1. The van der Waals surface area contributed by atoms with E-state index < -0.39 is 30.3 Å². The van der Waals surface area contributed by atoms with Crippen LogP contribution in [0.3, 0.4) is 0 Å². The predicted octanol–water partition coefficient (Wildman–Crippen LogP) is 12.8. The lowest BCUT2D eigenvalue weighted by atomic mass is 10.1. The Morgan fingerprint density at radius 2 is 0.879 bits per heavy atom. The van der Waals surface area contributed by atoms with Gasteiger partial charge >= 0.3 is 11.9 Å². The van der Waals surface area contributed by atoms with Crippen LogP contribution in [0.2, 0.25) is 0 Å². The lowest BCUT2D eigenvalue weighted by Crippen LogP contribution is -2.44. The minimum absolute atomic E-state index is 0.128. The van der Waals surface area contributed by atoms with Crippen LogP contribution in [0.15, 0.2) is 122 Å². The van der Waals surface area contributed by atoms with Gasteiger partial charge in [-0.2, -0.15) is 0 Å².